The van der Waals surface area contributed by atoms with Crippen molar-refractivity contribution in [2.45, 2.75) is 52.5 Å². The molecule has 0 radical (unpaired) electrons. The molecule has 0 heterocycles. The minimum Gasteiger partial charge on any atom is -0.396 e. The molecule has 0 aromatic rings. The Bertz CT molecular complexity index is 340. The predicted molar refractivity (Wildman–Crippen MR) is 69.2 cm³/mol. The third-order valence-electron chi connectivity index (χ3n) is 3.73. The van der Waals surface area contributed by atoms with E-state index in [-0.39, 0.29) is 23.8 Å². The molecule has 1 aliphatic carbocycles. The SMILES string of the molecule is CC(C)CCS(=O)(=O)NC1CCCC1(C)CO. The van der Waals surface area contributed by atoms with Gasteiger partial charge in [-0.2, -0.15) is 0 Å². The quantitative estimate of drug-likeness (QED) is 0.763. The highest BCUT2D eigenvalue weighted by Gasteiger charge is 2.40. The lowest BCUT2D eigenvalue weighted by Crippen LogP contribution is -2.45. The van der Waals surface area contributed by atoms with Gasteiger partial charge in [0.15, 0.2) is 0 Å². The Kier molecular flexibility index (Phi) is 4.98. The van der Waals surface area contributed by atoms with Crippen LogP contribution in [-0.4, -0.2) is 31.9 Å². The smallest absolute Gasteiger partial charge is 0.211 e. The van der Waals surface area contributed by atoms with E-state index in [9.17, 15) is 13.5 Å². The molecule has 1 rings (SSSR count). The summed E-state index contributed by atoms with van der Waals surface area (Å²) in [7, 11) is -3.20. The van der Waals surface area contributed by atoms with Crippen molar-refractivity contribution in [2.75, 3.05) is 12.4 Å². The largest absolute Gasteiger partial charge is 0.396 e. The molecular weight excluding hydrogens is 238 g/mol. The average molecular weight is 263 g/mol. The molecule has 0 aromatic heterocycles. The number of rotatable bonds is 6. The second-order valence-electron chi connectivity index (χ2n) is 5.88. The first-order valence-electron chi connectivity index (χ1n) is 6.40. The molecule has 1 aliphatic rings. The number of aliphatic hydroxyl groups excluding tert-OH is 1. The van der Waals surface area contributed by atoms with E-state index >= 15 is 0 Å². The van der Waals surface area contributed by atoms with Crippen molar-refractivity contribution < 1.29 is 13.5 Å². The van der Waals surface area contributed by atoms with Crippen LogP contribution in [0.15, 0.2) is 0 Å². The summed E-state index contributed by atoms with van der Waals surface area (Å²) in [5.74, 6) is 0.572. The van der Waals surface area contributed by atoms with E-state index in [0.29, 0.717) is 12.3 Å². The number of hydrogen-bond acceptors (Lipinski definition) is 3. The van der Waals surface area contributed by atoms with Crippen LogP contribution in [0.3, 0.4) is 0 Å². The van der Waals surface area contributed by atoms with E-state index in [1.54, 1.807) is 0 Å². The molecule has 0 aliphatic heterocycles. The summed E-state index contributed by atoms with van der Waals surface area (Å²) in [6.07, 6.45) is 3.38. The maximum absolute atomic E-state index is 11.9. The fourth-order valence-corrected chi connectivity index (χ4v) is 4.03. The summed E-state index contributed by atoms with van der Waals surface area (Å²) in [4.78, 5) is 0. The molecular formula is C12H25NO3S. The molecule has 1 saturated carbocycles. The van der Waals surface area contributed by atoms with Crippen LogP contribution in [0.5, 0.6) is 0 Å². The fraction of sp³-hybridized carbons (Fsp3) is 1.00. The van der Waals surface area contributed by atoms with Gasteiger partial charge in [-0.15, -0.1) is 0 Å². The van der Waals surface area contributed by atoms with E-state index in [1.807, 2.05) is 20.8 Å². The van der Waals surface area contributed by atoms with Gasteiger partial charge in [0.2, 0.25) is 10.0 Å². The summed E-state index contributed by atoms with van der Waals surface area (Å²) < 4.78 is 26.6. The Balaban J connectivity index is 2.58. The summed E-state index contributed by atoms with van der Waals surface area (Å²) in [6.45, 7) is 6.03. The van der Waals surface area contributed by atoms with Gasteiger partial charge in [0.05, 0.1) is 5.75 Å². The molecule has 1 fully saturated rings. The van der Waals surface area contributed by atoms with Crippen molar-refractivity contribution in [1.82, 2.24) is 4.72 Å². The fourth-order valence-electron chi connectivity index (χ4n) is 2.29. The van der Waals surface area contributed by atoms with Gasteiger partial charge in [-0.25, -0.2) is 13.1 Å². The van der Waals surface area contributed by atoms with Gasteiger partial charge in [-0.1, -0.05) is 27.2 Å². The van der Waals surface area contributed by atoms with Crippen LogP contribution in [0.1, 0.15) is 46.5 Å². The molecule has 17 heavy (non-hydrogen) atoms. The van der Waals surface area contributed by atoms with Gasteiger partial charge in [0.25, 0.3) is 0 Å². The normalized spacial score (nSPS) is 30.1. The minimum atomic E-state index is -3.20. The van der Waals surface area contributed by atoms with Crippen molar-refractivity contribution in [1.29, 1.82) is 0 Å². The van der Waals surface area contributed by atoms with Crippen LogP contribution in [0.2, 0.25) is 0 Å². The van der Waals surface area contributed by atoms with Crippen molar-refractivity contribution >= 4 is 10.0 Å². The molecule has 2 atom stereocenters. The molecule has 0 spiro atoms. The van der Waals surface area contributed by atoms with Gasteiger partial charge in [0.1, 0.15) is 0 Å². The van der Waals surface area contributed by atoms with Crippen LogP contribution in [0, 0.1) is 11.3 Å². The number of sulfonamides is 1. The standard InChI is InChI=1S/C12H25NO3S/c1-10(2)6-8-17(15,16)13-11-5-4-7-12(11,3)9-14/h10-11,13-14H,4-9H2,1-3H3. The van der Waals surface area contributed by atoms with Crippen molar-refractivity contribution in [3.63, 3.8) is 0 Å². The zero-order valence-corrected chi connectivity index (χ0v) is 11.9. The van der Waals surface area contributed by atoms with Crippen molar-refractivity contribution in [3.8, 4) is 0 Å². The topological polar surface area (TPSA) is 66.4 Å². The summed E-state index contributed by atoms with van der Waals surface area (Å²) in [5.41, 5.74) is -0.287. The maximum atomic E-state index is 11.9. The van der Waals surface area contributed by atoms with Gasteiger partial charge in [-0.3, -0.25) is 0 Å². The van der Waals surface area contributed by atoms with Crippen LogP contribution in [-0.2, 0) is 10.0 Å². The number of hydrogen-bond donors (Lipinski definition) is 2. The second-order valence-corrected chi connectivity index (χ2v) is 7.75. The Morgan fingerprint density at radius 3 is 2.65 bits per heavy atom. The van der Waals surface area contributed by atoms with Crippen molar-refractivity contribution in [2.24, 2.45) is 11.3 Å². The van der Waals surface area contributed by atoms with Gasteiger partial charge in [-0.05, 0) is 25.2 Å². The molecule has 0 aromatic carbocycles. The van der Waals surface area contributed by atoms with Crippen molar-refractivity contribution in [3.05, 3.63) is 0 Å². The Morgan fingerprint density at radius 2 is 2.12 bits per heavy atom. The van der Waals surface area contributed by atoms with E-state index in [1.165, 1.54) is 0 Å². The molecule has 2 N–H and O–H groups in total. The Labute approximate surface area is 105 Å². The molecule has 102 valence electrons. The predicted octanol–water partition coefficient (Wildman–Crippen LogP) is 1.50. The minimum absolute atomic E-state index is 0.0460. The van der Waals surface area contributed by atoms with E-state index in [2.05, 4.69) is 4.72 Å². The molecule has 5 heteroatoms. The number of aliphatic hydroxyl groups is 1. The zero-order chi connectivity index (χ0) is 13.1. The summed E-state index contributed by atoms with van der Waals surface area (Å²) >= 11 is 0. The van der Waals surface area contributed by atoms with E-state index in [4.69, 9.17) is 0 Å². The van der Waals surface area contributed by atoms with Gasteiger partial charge in [0, 0.05) is 18.1 Å². The van der Waals surface area contributed by atoms with Crippen LogP contribution in [0.25, 0.3) is 0 Å². The van der Waals surface area contributed by atoms with Crippen LogP contribution in [0.4, 0.5) is 0 Å². The average Bonchev–Trinajstić information content (AvgIpc) is 2.58. The van der Waals surface area contributed by atoms with Crippen LogP contribution >= 0.6 is 0 Å². The molecule has 0 bridgehead atoms. The van der Waals surface area contributed by atoms with E-state index in [0.717, 1.165) is 19.3 Å². The highest BCUT2D eigenvalue weighted by molar-refractivity contribution is 7.89. The third-order valence-corrected chi connectivity index (χ3v) is 5.15. The molecule has 0 amide bonds. The Hall–Kier alpha value is -0.130. The lowest BCUT2D eigenvalue weighted by atomic mass is 9.86. The maximum Gasteiger partial charge on any atom is 0.211 e. The monoisotopic (exact) mass is 263 g/mol. The molecule has 4 nitrogen and oxygen atoms in total. The first kappa shape index (κ1) is 14.9. The highest BCUT2D eigenvalue weighted by Crippen LogP contribution is 2.37. The lowest BCUT2D eigenvalue weighted by molar-refractivity contribution is 0.127. The van der Waals surface area contributed by atoms with Gasteiger partial charge < -0.3 is 5.11 Å². The highest BCUT2D eigenvalue weighted by atomic mass is 32.2. The second kappa shape index (κ2) is 5.67. The third kappa shape index (κ3) is 4.23. The lowest BCUT2D eigenvalue weighted by Gasteiger charge is -2.29. The molecule has 2 unspecified atom stereocenters. The summed E-state index contributed by atoms with van der Waals surface area (Å²) in [6, 6.07) is -0.107. The summed E-state index contributed by atoms with van der Waals surface area (Å²) in [5, 5.41) is 9.38. The van der Waals surface area contributed by atoms with E-state index < -0.39 is 10.0 Å². The Morgan fingerprint density at radius 1 is 1.47 bits per heavy atom. The zero-order valence-electron chi connectivity index (χ0n) is 11.1. The van der Waals surface area contributed by atoms with Gasteiger partial charge >= 0.3 is 0 Å². The molecule has 0 saturated heterocycles. The first-order valence-corrected chi connectivity index (χ1v) is 8.05. The first-order chi connectivity index (χ1) is 7.79. The van der Waals surface area contributed by atoms with Crippen LogP contribution < -0.4 is 4.72 Å². The number of nitrogens with one attached hydrogen (secondary N) is 1.